The van der Waals surface area contributed by atoms with Crippen molar-refractivity contribution >= 4 is 5.91 Å². The minimum atomic E-state index is -0.242. The third kappa shape index (κ3) is 2.72. The molecule has 0 bridgehead atoms. The van der Waals surface area contributed by atoms with Crippen molar-refractivity contribution < 1.29 is 9.32 Å². The molecule has 0 spiro atoms. The van der Waals surface area contributed by atoms with Crippen LogP contribution in [0.2, 0.25) is 0 Å². The van der Waals surface area contributed by atoms with Gasteiger partial charge in [0.1, 0.15) is 0 Å². The zero-order valence-electron chi connectivity index (χ0n) is 9.86. The van der Waals surface area contributed by atoms with Gasteiger partial charge < -0.3 is 9.84 Å². The summed E-state index contributed by atoms with van der Waals surface area (Å²) < 4.78 is 4.88. The number of benzene rings is 1. The van der Waals surface area contributed by atoms with E-state index in [1.807, 2.05) is 31.2 Å². The molecule has 1 aromatic heterocycles. The van der Waals surface area contributed by atoms with Crippen molar-refractivity contribution in [1.82, 2.24) is 10.5 Å². The standard InChI is InChI=1S/C13H14N2O2/c1-9-5-3-4-6-11(9)8-14-13(16)12-7-10(2)15-17-12/h3-7H,8H2,1-2H3,(H,14,16). The van der Waals surface area contributed by atoms with Gasteiger partial charge in [0.25, 0.3) is 5.91 Å². The minimum absolute atomic E-state index is 0.242. The fourth-order valence-electron chi connectivity index (χ4n) is 1.54. The van der Waals surface area contributed by atoms with Crippen LogP contribution < -0.4 is 5.32 Å². The number of carbonyl (C=O) groups excluding carboxylic acids is 1. The van der Waals surface area contributed by atoms with Crippen molar-refractivity contribution in [1.29, 1.82) is 0 Å². The minimum Gasteiger partial charge on any atom is -0.351 e. The fourth-order valence-corrected chi connectivity index (χ4v) is 1.54. The quantitative estimate of drug-likeness (QED) is 0.879. The predicted octanol–water partition coefficient (Wildman–Crippen LogP) is 2.22. The van der Waals surface area contributed by atoms with Gasteiger partial charge >= 0.3 is 0 Å². The van der Waals surface area contributed by atoms with E-state index in [2.05, 4.69) is 10.5 Å². The third-order valence-electron chi connectivity index (χ3n) is 2.55. The lowest BCUT2D eigenvalue weighted by Gasteiger charge is -2.05. The lowest BCUT2D eigenvalue weighted by Crippen LogP contribution is -2.22. The summed E-state index contributed by atoms with van der Waals surface area (Å²) in [5.74, 6) is 0.00457. The Balaban J connectivity index is 1.99. The number of rotatable bonds is 3. The maximum Gasteiger partial charge on any atom is 0.290 e. The number of amides is 1. The molecule has 0 unspecified atom stereocenters. The molecule has 4 nitrogen and oxygen atoms in total. The first-order chi connectivity index (χ1) is 8.16. The summed E-state index contributed by atoms with van der Waals surface area (Å²) in [6.45, 7) is 4.28. The van der Waals surface area contributed by atoms with Crippen LogP contribution in [0.15, 0.2) is 34.9 Å². The molecule has 0 aliphatic rings. The molecule has 1 amide bonds. The molecule has 17 heavy (non-hydrogen) atoms. The molecule has 0 saturated heterocycles. The van der Waals surface area contributed by atoms with E-state index >= 15 is 0 Å². The second kappa shape index (κ2) is 4.82. The summed E-state index contributed by atoms with van der Waals surface area (Å²) in [7, 11) is 0. The van der Waals surface area contributed by atoms with Crippen LogP contribution in [0, 0.1) is 13.8 Å². The van der Waals surface area contributed by atoms with Gasteiger partial charge in [-0.05, 0) is 25.0 Å². The van der Waals surface area contributed by atoms with Gasteiger partial charge in [-0.2, -0.15) is 0 Å². The molecule has 1 heterocycles. The van der Waals surface area contributed by atoms with Crippen molar-refractivity contribution in [2.75, 3.05) is 0 Å². The largest absolute Gasteiger partial charge is 0.351 e. The van der Waals surface area contributed by atoms with Crippen molar-refractivity contribution in [3.05, 3.63) is 52.9 Å². The van der Waals surface area contributed by atoms with Crippen LogP contribution in [-0.4, -0.2) is 11.1 Å². The van der Waals surface area contributed by atoms with Crippen LogP contribution in [0.4, 0.5) is 0 Å². The molecule has 0 aliphatic carbocycles. The molecule has 0 atom stereocenters. The maximum atomic E-state index is 11.7. The Hall–Kier alpha value is -2.10. The summed E-state index contributed by atoms with van der Waals surface area (Å²) >= 11 is 0. The lowest BCUT2D eigenvalue weighted by molar-refractivity contribution is 0.0914. The lowest BCUT2D eigenvalue weighted by atomic mass is 10.1. The average molecular weight is 230 g/mol. The summed E-state index contributed by atoms with van der Waals surface area (Å²) in [6, 6.07) is 9.54. The SMILES string of the molecule is Cc1cc(C(=O)NCc2ccccc2C)on1. The molecule has 0 aliphatic heterocycles. The Morgan fingerprint density at radius 1 is 1.35 bits per heavy atom. The second-order valence-corrected chi connectivity index (χ2v) is 3.94. The van der Waals surface area contributed by atoms with E-state index in [1.165, 1.54) is 0 Å². The zero-order valence-corrected chi connectivity index (χ0v) is 9.86. The van der Waals surface area contributed by atoms with Gasteiger partial charge in [0.15, 0.2) is 0 Å². The van der Waals surface area contributed by atoms with E-state index in [4.69, 9.17) is 4.52 Å². The van der Waals surface area contributed by atoms with Crippen LogP contribution >= 0.6 is 0 Å². The molecule has 1 N–H and O–H groups in total. The van der Waals surface area contributed by atoms with E-state index in [9.17, 15) is 4.79 Å². The Kier molecular flexibility index (Phi) is 3.23. The van der Waals surface area contributed by atoms with Gasteiger partial charge in [-0.25, -0.2) is 0 Å². The number of hydrogen-bond donors (Lipinski definition) is 1. The van der Waals surface area contributed by atoms with Gasteiger partial charge in [-0.3, -0.25) is 4.79 Å². The molecular formula is C13H14N2O2. The number of aromatic nitrogens is 1. The Bertz CT molecular complexity index is 532. The Morgan fingerprint density at radius 2 is 2.12 bits per heavy atom. The van der Waals surface area contributed by atoms with Crippen LogP contribution in [0.5, 0.6) is 0 Å². The van der Waals surface area contributed by atoms with Crippen molar-refractivity contribution in [3.63, 3.8) is 0 Å². The Morgan fingerprint density at radius 3 is 2.76 bits per heavy atom. The summed E-state index contributed by atoms with van der Waals surface area (Å²) in [5, 5.41) is 6.47. The smallest absolute Gasteiger partial charge is 0.290 e. The van der Waals surface area contributed by atoms with E-state index in [0.717, 1.165) is 11.1 Å². The fraction of sp³-hybridized carbons (Fsp3) is 0.231. The first-order valence-electron chi connectivity index (χ1n) is 5.43. The van der Waals surface area contributed by atoms with Crippen LogP contribution in [0.1, 0.15) is 27.4 Å². The molecule has 0 fully saturated rings. The highest BCUT2D eigenvalue weighted by Gasteiger charge is 2.11. The van der Waals surface area contributed by atoms with Crippen molar-refractivity contribution in [2.24, 2.45) is 0 Å². The highest BCUT2D eigenvalue weighted by atomic mass is 16.5. The number of hydrogen-bond acceptors (Lipinski definition) is 3. The number of nitrogens with one attached hydrogen (secondary N) is 1. The molecule has 4 heteroatoms. The van der Waals surface area contributed by atoms with Crippen molar-refractivity contribution in [2.45, 2.75) is 20.4 Å². The first kappa shape index (κ1) is 11.4. The van der Waals surface area contributed by atoms with Crippen LogP contribution in [0.25, 0.3) is 0 Å². The van der Waals surface area contributed by atoms with Crippen molar-refractivity contribution in [3.8, 4) is 0 Å². The van der Waals surface area contributed by atoms with E-state index in [1.54, 1.807) is 13.0 Å². The topological polar surface area (TPSA) is 55.1 Å². The number of nitrogens with zero attached hydrogens (tertiary/aromatic N) is 1. The molecule has 0 saturated carbocycles. The molecule has 2 aromatic rings. The summed E-state index contributed by atoms with van der Waals surface area (Å²) in [4.78, 5) is 11.7. The second-order valence-electron chi connectivity index (χ2n) is 3.94. The monoisotopic (exact) mass is 230 g/mol. The van der Waals surface area contributed by atoms with Gasteiger partial charge in [-0.1, -0.05) is 29.4 Å². The molecule has 0 radical (unpaired) electrons. The first-order valence-corrected chi connectivity index (χ1v) is 5.43. The molecule has 88 valence electrons. The zero-order chi connectivity index (χ0) is 12.3. The maximum absolute atomic E-state index is 11.7. The highest BCUT2D eigenvalue weighted by molar-refractivity contribution is 5.91. The third-order valence-corrected chi connectivity index (χ3v) is 2.55. The highest BCUT2D eigenvalue weighted by Crippen LogP contribution is 2.07. The predicted molar refractivity (Wildman–Crippen MR) is 63.6 cm³/mol. The molecule has 1 aromatic carbocycles. The number of aryl methyl sites for hydroxylation is 2. The molecule has 2 rings (SSSR count). The average Bonchev–Trinajstić information content (AvgIpc) is 2.74. The van der Waals surface area contributed by atoms with E-state index < -0.39 is 0 Å². The van der Waals surface area contributed by atoms with Gasteiger partial charge in [0.2, 0.25) is 5.76 Å². The van der Waals surface area contributed by atoms with E-state index in [0.29, 0.717) is 12.2 Å². The molecular weight excluding hydrogens is 216 g/mol. The van der Waals surface area contributed by atoms with Gasteiger partial charge in [0.05, 0.1) is 5.69 Å². The Labute approximate surface area is 99.6 Å². The van der Waals surface area contributed by atoms with Crippen LogP contribution in [0.3, 0.4) is 0 Å². The van der Waals surface area contributed by atoms with Gasteiger partial charge in [0, 0.05) is 12.6 Å². The summed E-state index contributed by atoms with van der Waals surface area (Å²) in [6.07, 6.45) is 0. The van der Waals surface area contributed by atoms with Crippen LogP contribution in [-0.2, 0) is 6.54 Å². The van der Waals surface area contributed by atoms with Gasteiger partial charge in [-0.15, -0.1) is 0 Å². The summed E-state index contributed by atoms with van der Waals surface area (Å²) in [5.41, 5.74) is 2.95. The number of carbonyl (C=O) groups is 1. The van der Waals surface area contributed by atoms with E-state index in [-0.39, 0.29) is 11.7 Å². The normalized spacial score (nSPS) is 10.2.